The summed E-state index contributed by atoms with van der Waals surface area (Å²) in [5.74, 6) is -0.209. The van der Waals surface area contributed by atoms with Crippen molar-refractivity contribution in [2.45, 2.75) is 20.0 Å². The van der Waals surface area contributed by atoms with Crippen molar-refractivity contribution in [2.75, 3.05) is 19.8 Å². The molecule has 1 unspecified atom stereocenters. The van der Waals surface area contributed by atoms with Crippen LogP contribution in [0.2, 0.25) is 0 Å². The van der Waals surface area contributed by atoms with Crippen LogP contribution in [-0.2, 0) is 9.53 Å². The molecule has 94 valence electrons. The topological polar surface area (TPSA) is 58.6 Å². The molecule has 0 aliphatic carbocycles. The Morgan fingerprint density at radius 3 is 2.82 bits per heavy atom. The zero-order chi connectivity index (χ0) is 12.7. The predicted octanol–water partition coefficient (Wildman–Crippen LogP) is 1.18. The molecule has 0 aromatic heterocycles. The number of amides is 1. The number of ether oxygens (including phenoxy) is 1. The average Bonchev–Trinajstić information content (AvgIpc) is 2.34. The summed E-state index contributed by atoms with van der Waals surface area (Å²) >= 11 is 0. The molecule has 0 radical (unpaired) electrons. The van der Waals surface area contributed by atoms with Crippen LogP contribution >= 0.6 is 0 Å². The molecule has 0 aliphatic rings. The summed E-state index contributed by atoms with van der Waals surface area (Å²) in [6.07, 6.45) is -0.679. The van der Waals surface area contributed by atoms with Crippen molar-refractivity contribution >= 4 is 5.91 Å². The van der Waals surface area contributed by atoms with Gasteiger partial charge in [0, 0.05) is 13.2 Å². The Kier molecular flexibility index (Phi) is 5.66. The van der Waals surface area contributed by atoms with Gasteiger partial charge in [-0.15, -0.1) is 0 Å². The maximum Gasteiger partial charge on any atom is 0.246 e. The zero-order valence-corrected chi connectivity index (χ0v) is 10.3. The van der Waals surface area contributed by atoms with Crippen LogP contribution in [-0.4, -0.2) is 30.8 Å². The number of aliphatic hydroxyl groups is 1. The third-order valence-electron chi connectivity index (χ3n) is 2.48. The Morgan fingerprint density at radius 1 is 1.47 bits per heavy atom. The summed E-state index contributed by atoms with van der Waals surface area (Å²) < 4.78 is 4.96. The average molecular weight is 237 g/mol. The molecule has 1 amide bonds. The molecule has 0 fully saturated rings. The molecule has 17 heavy (non-hydrogen) atoms. The van der Waals surface area contributed by atoms with E-state index in [2.05, 4.69) is 5.32 Å². The van der Waals surface area contributed by atoms with Crippen molar-refractivity contribution in [3.05, 3.63) is 35.4 Å². The summed E-state index contributed by atoms with van der Waals surface area (Å²) in [5.41, 5.74) is 1.85. The Bertz CT molecular complexity index is 365. The molecule has 0 aliphatic heterocycles. The van der Waals surface area contributed by atoms with Gasteiger partial charge in [0.25, 0.3) is 0 Å². The van der Waals surface area contributed by atoms with E-state index < -0.39 is 6.10 Å². The van der Waals surface area contributed by atoms with E-state index in [1.165, 1.54) is 0 Å². The fourth-order valence-electron chi connectivity index (χ4n) is 1.53. The third-order valence-corrected chi connectivity index (χ3v) is 2.48. The van der Waals surface area contributed by atoms with Gasteiger partial charge < -0.3 is 15.2 Å². The zero-order valence-electron chi connectivity index (χ0n) is 10.3. The molecule has 4 heteroatoms. The Balaban J connectivity index is 2.42. The van der Waals surface area contributed by atoms with Crippen LogP contribution in [0.25, 0.3) is 0 Å². The highest BCUT2D eigenvalue weighted by Crippen LogP contribution is 2.15. The molecule has 0 heterocycles. The summed E-state index contributed by atoms with van der Waals surface area (Å²) in [5, 5.41) is 12.5. The summed E-state index contributed by atoms with van der Waals surface area (Å²) in [6, 6.07) is 7.57. The number of aryl methyl sites for hydroxylation is 1. The molecule has 1 aromatic rings. The van der Waals surface area contributed by atoms with E-state index in [0.29, 0.717) is 6.61 Å². The first kappa shape index (κ1) is 13.7. The van der Waals surface area contributed by atoms with Crippen LogP contribution in [0.5, 0.6) is 0 Å². The Hall–Kier alpha value is -1.39. The largest absolute Gasteiger partial charge is 0.387 e. The van der Waals surface area contributed by atoms with Crippen LogP contribution in [0.4, 0.5) is 0 Å². The van der Waals surface area contributed by atoms with Gasteiger partial charge in [0.05, 0.1) is 6.10 Å². The molecule has 0 saturated heterocycles. The van der Waals surface area contributed by atoms with Gasteiger partial charge in [0.15, 0.2) is 0 Å². The molecule has 1 rings (SSSR count). The van der Waals surface area contributed by atoms with E-state index in [9.17, 15) is 9.90 Å². The van der Waals surface area contributed by atoms with E-state index in [1.807, 2.05) is 38.1 Å². The molecule has 4 nitrogen and oxygen atoms in total. The van der Waals surface area contributed by atoms with Crippen LogP contribution in [0.3, 0.4) is 0 Å². The number of carbonyl (C=O) groups is 1. The van der Waals surface area contributed by atoms with Gasteiger partial charge in [-0.2, -0.15) is 0 Å². The van der Waals surface area contributed by atoms with Crippen molar-refractivity contribution in [1.82, 2.24) is 5.32 Å². The maximum atomic E-state index is 11.3. The molecule has 0 saturated carbocycles. The van der Waals surface area contributed by atoms with Gasteiger partial charge in [-0.1, -0.05) is 24.3 Å². The first-order chi connectivity index (χ1) is 8.15. The molecule has 0 spiro atoms. The van der Waals surface area contributed by atoms with Gasteiger partial charge in [0.2, 0.25) is 5.91 Å². The van der Waals surface area contributed by atoms with Gasteiger partial charge in [-0.05, 0) is 25.0 Å². The van der Waals surface area contributed by atoms with Crippen LogP contribution < -0.4 is 5.32 Å². The minimum absolute atomic E-state index is 0.0387. The number of nitrogens with one attached hydrogen (secondary N) is 1. The first-order valence-corrected chi connectivity index (χ1v) is 5.73. The fourth-order valence-corrected chi connectivity index (χ4v) is 1.53. The normalized spacial score (nSPS) is 12.2. The highest BCUT2D eigenvalue weighted by atomic mass is 16.5. The monoisotopic (exact) mass is 237 g/mol. The van der Waals surface area contributed by atoms with Gasteiger partial charge in [-0.3, -0.25) is 4.79 Å². The second-order valence-electron chi connectivity index (χ2n) is 3.81. The van der Waals surface area contributed by atoms with E-state index >= 15 is 0 Å². The number of aliphatic hydroxyl groups excluding tert-OH is 1. The summed E-state index contributed by atoms with van der Waals surface area (Å²) in [6.45, 7) is 4.51. The van der Waals surface area contributed by atoms with Crippen molar-refractivity contribution in [1.29, 1.82) is 0 Å². The minimum Gasteiger partial charge on any atom is -0.387 e. The Labute approximate surface area is 102 Å². The van der Waals surface area contributed by atoms with Crippen molar-refractivity contribution in [3.8, 4) is 0 Å². The highest BCUT2D eigenvalue weighted by Gasteiger charge is 2.11. The molecule has 1 atom stereocenters. The molecule has 0 bridgehead atoms. The number of carbonyl (C=O) groups excluding carboxylic acids is 1. The van der Waals surface area contributed by atoms with Crippen LogP contribution in [0.15, 0.2) is 24.3 Å². The lowest BCUT2D eigenvalue weighted by Crippen LogP contribution is -2.31. The van der Waals surface area contributed by atoms with Crippen LogP contribution in [0.1, 0.15) is 24.2 Å². The second-order valence-corrected chi connectivity index (χ2v) is 3.81. The summed E-state index contributed by atoms with van der Waals surface area (Å²) in [7, 11) is 0. The molecular weight excluding hydrogens is 218 g/mol. The standard InChI is InChI=1S/C13H19NO3/c1-3-17-9-13(16)14-8-12(15)11-7-5-4-6-10(11)2/h4-7,12,15H,3,8-9H2,1-2H3,(H,14,16). The molecular formula is C13H19NO3. The molecule has 1 aromatic carbocycles. The number of rotatable bonds is 6. The number of hydrogen-bond acceptors (Lipinski definition) is 3. The number of benzene rings is 1. The SMILES string of the molecule is CCOCC(=O)NCC(O)c1ccccc1C. The summed E-state index contributed by atoms with van der Waals surface area (Å²) in [4.78, 5) is 11.3. The lowest BCUT2D eigenvalue weighted by atomic mass is 10.0. The first-order valence-electron chi connectivity index (χ1n) is 5.73. The predicted molar refractivity (Wildman–Crippen MR) is 65.6 cm³/mol. The van der Waals surface area contributed by atoms with Gasteiger partial charge >= 0.3 is 0 Å². The van der Waals surface area contributed by atoms with E-state index in [-0.39, 0.29) is 19.1 Å². The van der Waals surface area contributed by atoms with Gasteiger partial charge in [0.1, 0.15) is 6.61 Å². The van der Waals surface area contributed by atoms with Crippen molar-refractivity contribution < 1.29 is 14.6 Å². The van der Waals surface area contributed by atoms with Crippen molar-refractivity contribution in [3.63, 3.8) is 0 Å². The van der Waals surface area contributed by atoms with Crippen molar-refractivity contribution in [2.24, 2.45) is 0 Å². The quantitative estimate of drug-likeness (QED) is 0.781. The van der Waals surface area contributed by atoms with E-state index in [0.717, 1.165) is 11.1 Å². The van der Waals surface area contributed by atoms with E-state index in [1.54, 1.807) is 0 Å². The second kappa shape index (κ2) is 7.04. The maximum absolute atomic E-state index is 11.3. The minimum atomic E-state index is -0.679. The highest BCUT2D eigenvalue weighted by molar-refractivity contribution is 5.77. The lowest BCUT2D eigenvalue weighted by molar-refractivity contribution is -0.126. The van der Waals surface area contributed by atoms with Gasteiger partial charge in [-0.25, -0.2) is 0 Å². The Morgan fingerprint density at radius 2 is 2.18 bits per heavy atom. The molecule has 2 N–H and O–H groups in total. The van der Waals surface area contributed by atoms with E-state index in [4.69, 9.17) is 4.74 Å². The van der Waals surface area contributed by atoms with Crippen LogP contribution in [0, 0.1) is 6.92 Å². The lowest BCUT2D eigenvalue weighted by Gasteiger charge is -2.14. The number of hydrogen-bond donors (Lipinski definition) is 2. The third kappa shape index (κ3) is 4.54. The fraction of sp³-hybridized carbons (Fsp3) is 0.462. The smallest absolute Gasteiger partial charge is 0.246 e.